The Bertz CT molecular complexity index is 1540. The molecule has 0 unspecified atom stereocenters. The van der Waals surface area contributed by atoms with E-state index in [0.29, 0.717) is 32.6 Å². The molecule has 0 radical (unpaired) electrons. The Morgan fingerprint density at radius 2 is 1.67 bits per heavy atom. The Labute approximate surface area is 193 Å². The van der Waals surface area contributed by atoms with E-state index in [-0.39, 0.29) is 5.56 Å². The molecule has 33 heavy (non-hydrogen) atoms. The lowest BCUT2D eigenvalue weighted by molar-refractivity contribution is 0.355. The van der Waals surface area contributed by atoms with E-state index in [2.05, 4.69) is 10.1 Å². The first-order chi connectivity index (χ1) is 16.1. The van der Waals surface area contributed by atoms with Crippen molar-refractivity contribution in [2.45, 2.75) is 0 Å². The van der Waals surface area contributed by atoms with Gasteiger partial charge < -0.3 is 14.2 Å². The van der Waals surface area contributed by atoms with E-state index in [1.165, 1.54) is 15.9 Å². The Balaban J connectivity index is 1.47. The first kappa shape index (κ1) is 20.7. The number of benzene rings is 3. The molecule has 0 aliphatic heterocycles. The number of aromatic nitrogens is 3. The van der Waals surface area contributed by atoms with Crippen LogP contribution in [0.5, 0.6) is 23.0 Å². The molecule has 2 aromatic heterocycles. The summed E-state index contributed by atoms with van der Waals surface area (Å²) >= 11 is 1.29. The number of rotatable bonds is 6. The van der Waals surface area contributed by atoms with E-state index in [4.69, 9.17) is 14.2 Å². The molecule has 0 aliphatic rings. The van der Waals surface area contributed by atoms with Crippen molar-refractivity contribution in [2.75, 3.05) is 14.2 Å². The molecule has 0 aliphatic carbocycles. The molecule has 8 heteroatoms. The summed E-state index contributed by atoms with van der Waals surface area (Å²) in [6, 6.07) is 22.5. The highest BCUT2D eigenvalue weighted by molar-refractivity contribution is 7.15. The maximum atomic E-state index is 12.9. The van der Waals surface area contributed by atoms with Gasteiger partial charge in [0.15, 0.2) is 17.3 Å². The van der Waals surface area contributed by atoms with E-state index in [0.717, 1.165) is 16.9 Å². The largest absolute Gasteiger partial charge is 0.493 e. The number of hydrogen-bond acceptors (Lipinski definition) is 7. The molecular weight excluding hydrogens is 438 g/mol. The second-order valence-electron chi connectivity index (χ2n) is 7.10. The summed E-state index contributed by atoms with van der Waals surface area (Å²) in [6.07, 6.45) is 1.82. The molecule has 5 rings (SSSR count). The standard InChI is InChI=1S/C25H19N3O4S/c1-30-20-12-11-17(15-21(20)31-2)23-26-25-28(27-23)24(29)22(33-25)14-16-7-6-10-19(13-16)32-18-8-4-3-5-9-18/h3-15H,1-2H3/b22-14-. The highest BCUT2D eigenvalue weighted by Gasteiger charge is 2.14. The van der Waals surface area contributed by atoms with Gasteiger partial charge >= 0.3 is 0 Å². The minimum atomic E-state index is -0.219. The number of hydrogen-bond donors (Lipinski definition) is 0. The van der Waals surface area contributed by atoms with E-state index in [1.807, 2.05) is 66.7 Å². The Morgan fingerprint density at radius 3 is 2.42 bits per heavy atom. The van der Waals surface area contributed by atoms with Crippen LogP contribution in [0.25, 0.3) is 22.4 Å². The summed E-state index contributed by atoms with van der Waals surface area (Å²) < 4.78 is 18.4. The third-order valence-electron chi connectivity index (χ3n) is 4.96. The summed E-state index contributed by atoms with van der Waals surface area (Å²) in [7, 11) is 3.14. The molecule has 2 heterocycles. The predicted octanol–water partition coefficient (Wildman–Crippen LogP) is 4.18. The fraction of sp³-hybridized carbons (Fsp3) is 0.0800. The Hall–Kier alpha value is -4.17. The second kappa shape index (κ2) is 8.76. The van der Waals surface area contributed by atoms with Crippen molar-refractivity contribution in [1.29, 1.82) is 0 Å². The summed E-state index contributed by atoms with van der Waals surface area (Å²) in [4.78, 5) is 18.0. The van der Waals surface area contributed by atoms with E-state index in [1.54, 1.807) is 26.4 Å². The lowest BCUT2D eigenvalue weighted by atomic mass is 10.2. The number of nitrogens with zero attached hydrogens (tertiary/aromatic N) is 3. The van der Waals surface area contributed by atoms with Crippen molar-refractivity contribution in [1.82, 2.24) is 14.6 Å². The molecule has 3 aromatic carbocycles. The number of methoxy groups -OCH3 is 2. The monoisotopic (exact) mass is 457 g/mol. The average Bonchev–Trinajstić information content (AvgIpc) is 3.39. The Morgan fingerprint density at radius 1 is 0.879 bits per heavy atom. The molecule has 0 saturated carbocycles. The quantitative estimate of drug-likeness (QED) is 0.381. The van der Waals surface area contributed by atoms with Crippen LogP contribution in [0.1, 0.15) is 5.56 Å². The summed E-state index contributed by atoms with van der Waals surface area (Å²) in [5.74, 6) is 3.08. The van der Waals surface area contributed by atoms with Crippen LogP contribution in [0.15, 0.2) is 77.6 Å². The third kappa shape index (κ3) is 4.16. The predicted molar refractivity (Wildman–Crippen MR) is 127 cm³/mol. The molecule has 0 N–H and O–H groups in total. The van der Waals surface area contributed by atoms with Crippen molar-refractivity contribution in [2.24, 2.45) is 0 Å². The van der Waals surface area contributed by atoms with Crippen molar-refractivity contribution in [3.8, 4) is 34.4 Å². The maximum Gasteiger partial charge on any atom is 0.291 e. The van der Waals surface area contributed by atoms with Crippen LogP contribution in [0, 0.1) is 0 Å². The van der Waals surface area contributed by atoms with Gasteiger partial charge in [-0.1, -0.05) is 41.7 Å². The zero-order valence-electron chi connectivity index (χ0n) is 17.9. The van der Waals surface area contributed by atoms with Crippen LogP contribution in [0.4, 0.5) is 0 Å². The fourth-order valence-corrected chi connectivity index (χ4v) is 4.28. The van der Waals surface area contributed by atoms with Gasteiger partial charge in [-0.15, -0.1) is 5.10 Å². The molecule has 0 saturated heterocycles. The maximum absolute atomic E-state index is 12.9. The molecule has 5 aromatic rings. The topological polar surface area (TPSA) is 75.0 Å². The number of para-hydroxylation sites is 1. The zero-order chi connectivity index (χ0) is 22.8. The minimum absolute atomic E-state index is 0.219. The molecule has 0 atom stereocenters. The summed E-state index contributed by atoms with van der Waals surface area (Å²) in [6.45, 7) is 0. The second-order valence-corrected chi connectivity index (χ2v) is 8.11. The first-order valence-corrected chi connectivity index (χ1v) is 10.9. The van der Waals surface area contributed by atoms with Crippen LogP contribution in [0.2, 0.25) is 0 Å². The lowest BCUT2D eigenvalue weighted by Gasteiger charge is -2.07. The average molecular weight is 458 g/mol. The highest BCUT2D eigenvalue weighted by atomic mass is 32.1. The third-order valence-corrected chi connectivity index (χ3v) is 5.92. The summed E-state index contributed by atoms with van der Waals surface area (Å²) in [5, 5.41) is 4.41. The van der Waals surface area contributed by atoms with E-state index < -0.39 is 0 Å². The SMILES string of the molecule is COc1ccc(-c2nc3s/c(=C\c4cccc(Oc5ccccc5)c4)c(=O)n3n2)cc1OC. The van der Waals surface area contributed by atoms with Crippen molar-refractivity contribution in [3.05, 3.63) is 93.2 Å². The van der Waals surface area contributed by atoms with Gasteiger partial charge in [0, 0.05) is 5.56 Å². The molecule has 0 bridgehead atoms. The van der Waals surface area contributed by atoms with Crippen molar-refractivity contribution < 1.29 is 14.2 Å². The number of fused-ring (bicyclic) bond motifs is 1. The van der Waals surface area contributed by atoms with Gasteiger partial charge in [-0.25, -0.2) is 0 Å². The van der Waals surface area contributed by atoms with E-state index in [9.17, 15) is 4.79 Å². The molecule has 0 spiro atoms. The van der Waals surface area contributed by atoms with Gasteiger partial charge in [-0.05, 0) is 54.1 Å². The van der Waals surface area contributed by atoms with Gasteiger partial charge in [0.2, 0.25) is 4.96 Å². The molecule has 7 nitrogen and oxygen atoms in total. The molecular formula is C25H19N3O4S. The molecule has 164 valence electrons. The van der Waals surface area contributed by atoms with Gasteiger partial charge in [0.1, 0.15) is 11.5 Å². The fourth-order valence-electron chi connectivity index (χ4n) is 3.38. The van der Waals surface area contributed by atoms with Crippen LogP contribution < -0.4 is 24.3 Å². The number of ether oxygens (including phenoxy) is 3. The van der Waals surface area contributed by atoms with Gasteiger partial charge in [-0.3, -0.25) is 4.79 Å². The smallest absolute Gasteiger partial charge is 0.291 e. The zero-order valence-corrected chi connectivity index (χ0v) is 18.7. The normalized spacial score (nSPS) is 11.6. The van der Waals surface area contributed by atoms with Crippen LogP contribution in [-0.4, -0.2) is 28.8 Å². The van der Waals surface area contributed by atoms with Crippen LogP contribution in [-0.2, 0) is 0 Å². The Kier molecular flexibility index (Phi) is 5.50. The highest BCUT2D eigenvalue weighted by Crippen LogP contribution is 2.31. The van der Waals surface area contributed by atoms with E-state index >= 15 is 0 Å². The van der Waals surface area contributed by atoms with Crippen molar-refractivity contribution in [3.63, 3.8) is 0 Å². The van der Waals surface area contributed by atoms with Gasteiger partial charge in [0.25, 0.3) is 5.56 Å². The van der Waals surface area contributed by atoms with Gasteiger partial charge in [-0.2, -0.15) is 9.50 Å². The molecule has 0 fully saturated rings. The minimum Gasteiger partial charge on any atom is -0.493 e. The van der Waals surface area contributed by atoms with Crippen LogP contribution in [0.3, 0.4) is 0 Å². The molecule has 0 amide bonds. The van der Waals surface area contributed by atoms with Crippen molar-refractivity contribution >= 4 is 22.4 Å². The summed E-state index contributed by atoms with van der Waals surface area (Å²) in [5.41, 5.74) is 1.37. The number of thiazole rings is 1. The van der Waals surface area contributed by atoms with Crippen LogP contribution >= 0.6 is 11.3 Å². The lowest BCUT2D eigenvalue weighted by Crippen LogP contribution is -2.23. The van der Waals surface area contributed by atoms with Gasteiger partial charge in [0.05, 0.1) is 18.8 Å². The first-order valence-electron chi connectivity index (χ1n) is 10.1.